The molecule has 0 aliphatic heterocycles. The van der Waals surface area contributed by atoms with Crippen LogP contribution in [0.15, 0.2) is 11.2 Å². The number of hydrogen-bond donors (Lipinski definition) is 1. The third-order valence-electron chi connectivity index (χ3n) is 2.65. The highest BCUT2D eigenvalue weighted by Gasteiger charge is 2.22. The summed E-state index contributed by atoms with van der Waals surface area (Å²) in [4.78, 5) is 6.85. The Balaban J connectivity index is 2.79. The van der Waals surface area contributed by atoms with E-state index in [0.29, 0.717) is 24.7 Å². The zero-order chi connectivity index (χ0) is 13.1. The Morgan fingerprint density at radius 2 is 2.12 bits per heavy atom. The molecule has 1 N–H and O–H groups in total. The summed E-state index contributed by atoms with van der Waals surface area (Å²) in [5, 5.41) is 0.181. The van der Waals surface area contributed by atoms with E-state index in [-0.39, 0.29) is 5.03 Å². The molecule has 0 amide bonds. The summed E-state index contributed by atoms with van der Waals surface area (Å²) >= 11 is 0. The first-order chi connectivity index (χ1) is 7.87. The van der Waals surface area contributed by atoms with Gasteiger partial charge >= 0.3 is 0 Å². The number of sulfonamides is 1. The van der Waals surface area contributed by atoms with Crippen LogP contribution >= 0.6 is 0 Å². The number of rotatable bonds is 6. The minimum Gasteiger partial charge on any atom is -0.332 e. The molecule has 0 aliphatic carbocycles. The predicted octanol–water partition coefficient (Wildman–Crippen LogP) is 1.64. The van der Waals surface area contributed by atoms with Gasteiger partial charge in [0.25, 0.3) is 10.0 Å². The molecule has 0 atom stereocenters. The normalized spacial score (nSPS) is 12.6. The molecule has 0 radical (unpaired) electrons. The fraction of sp³-hybridized carbons (Fsp3) is 0.727. The monoisotopic (exact) mass is 259 g/mol. The van der Waals surface area contributed by atoms with Crippen LogP contribution in [0.2, 0.25) is 0 Å². The van der Waals surface area contributed by atoms with E-state index in [0.717, 1.165) is 6.42 Å². The molecule has 0 spiro atoms. The first kappa shape index (κ1) is 14.2. The van der Waals surface area contributed by atoms with E-state index in [1.807, 2.05) is 6.92 Å². The van der Waals surface area contributed by atoms with Crippen molar-refractivity contribution in [2.24, 2.45) is 5.92 Å². The lowest BCUT2D eigenvalue weighted by Crippen LogP contribution is -2.29. The number of aryl methyl sites for hydroxylation is 1. The highest BCUT2D eigenvalue weighted by molar-refractivity contribution is 7.89. The van der Waals surface area contributed by atoms with Crippen molar-refractivity contribution in [3.05, 3.63) is 12.0 Å². The Morgan fingerprint density at radius 3 is 2.59 bits per heavy atom. The third-order valence-corrected chi connectivity index (χ3v) is 4.42. The van der Waals surface area contributed by atoms with Crippen LogP contribution in [-0.2, 0) is 16.4 Å². The molecule has 0 saturated carbocycles. The van der Waals surface area contributed by atoms with Crippen LogP contribution in [0, 0.1) is 5.92 Å². The molecule has 1 rings (SSSR count). The van der Waals surface area contributed by atoms with Crippen molar-refractivity contribution in [2.45, 2.75) is 38.6 Å². The SMILES string of the molecule is CCc1ncc(S(=O)(=O)N(C)CCC(C)C)[nH]1. The Kier molecular flexibility index (Phi) is 4.70. The highest BCUT2D eigenvalue weighted by atomic mass is 32.2. The summed E-state index contributed by atoms with van der Waals surface area (Å²) in [7, 11) is -1.81. The molecule has 6 heteroatoms. The standard InChI is InChI=1S/C11H21N3O2S/c1-5-10-12-8-11(13-10)17(15,16)14(4)7-6-9(2)3/h8-9H,5-7H2,1-4H3,(H,12,13). The molecule has 0 bridgehead atoms. The van der Waals surface area contributed by atoms with Crippen LogP contribution in [0.1, 0.15) is 33.0 Å². The Morgan fingerprint density at radius 1 is 1.47 bits per heavy atom. The minimum absolute atomic E-state index is 0.181. The van der Waals surface area contributed by atoms with Gasteiger partial charge in [-0.05, 0) is 12.3 Å². The first-order valence-electron chi connectivity index (χ1n) is 5.88. The molecule has 0 fully saturated rings. The zero-order valence-corrected chi connectivity index (χ0v) is 11.7. The average molecular weight is 259 g/mol. The topological polar surface area (TPSA) is 66.1 Å². The summed E-state index contributed by atoms with van der Waals surface area (Å²) in [5.74, 6) is 1.18. The van der Waals surface area contributed by atoms with Gasteiger partial charge in [-0.3, -0.25) is 0 Å². The number of aromatic amines is 1. The van der Waals surface area contributed by atoms with Gasteiger partial charge in [0.1, 0.15) is 5.82 Å². The van der Waals surface area contributed by atoms with Crippen molar-refractivity contribution < 1.29 is 8.42 Å². The van der Waals surface area contributed by atoms with Gasteiger partial charge in [0.2, 0.25) is 0 Å². The van der Waals surface area contributed by atoms with Crippen molar-refractivity contribution in [2.75, 3.05) is 13.6 Å². The highest BCUT2D eigenvalue weighted by Crippen LogP contribution is 2.13. The van der Waals surface area contributed by atoms with Crippen LogP contribution in [0.25, 0.3) is 0 Å². The average Bonchev–Trinajstić information content (AvgIpc) is 2.74. The second kappa shape index (κ2) is 5.64. The fourth-order valence-corrected chi connectivity index (χ4v) is 2.50. The smallest absolute Gasteiger partial charge is 0.259 e. The maximum absolute atomic E-state index is 12.1. The Hall–Kier alpha value is -0.880. The summed E-state index contributed by atoms with van der Waals surface area (Å²) < 4.78 is 25.6. The molecule has 1 heterocycles. The molecule has 1 aromatic rings. The number of imidazole rings is 1. The van der Waals surface area contributed by atoms with Crippen LogP contribution < -0.4 is 0 Å². The molecular weight excluding hydrogens is 238 g/mol. The minimum atomic E-state index is -3.41. The maximum atomic E-state index is 12.1. The van der Waals surface area contributed by atoms with Crippen LogP contribution in [0.4, 0.5) is 0 Å². The Labute approximate surface area is 103 Å². The van der Waals surface area contributed by atoms with E-state index in [9.17, 15) is 8.42 Å². The van der Waals surface area contributed by atoms with E-state index in [2.05, 4.69) is 23.8 Å². The van der Waals surface area contributed by atoms with Crippen molar-refractivity contribution in [3.63, 3.8) is 0 Å². The van der Waals surface area contributed by atoms with E-state index in [1.165, 1.54) is 10.5 Å². The largest absolute Gasteiger partial charge is 0.332 e. The van der Waals surface area contributed by atoms with Gasteiger partial charge in [0, 0.05) is 20.0 Å². The summed E-state index contributed by atoms with van der Waals surface area (Å²) in [5.41, 5.74) is 0. The second-order valence-electron chi connectivity index (χ2n) is 4.56. The van der Waals surface area contributed by atoms with Crippen molar-refractivity contribution in [3.8, 4) is 0 Å². The van der Waals surface area contributed by atoms with E-state index in [1.54, 1.807) is 7.05 Å². The molecule has 0 aromatic carbocycles. The zero-order valence-electron chi connectivity index (χ0n) is 10.9. The lowest BCUT2D eigenvalue weighted by molar-refractivity contribution is 0.426. The quantitative estimate of drug-likeness (QED) is 0.844. The van der Waals surface area contributed by atoms with Crippen molar-refractivity contribution in [1.82, 2.24) is 14.3 Å². The van der Waals surface area contributed by atoms with Gasteiger partial charge in [-0.15, -0.1) is 0 Å². The van der Waals surface area contributed by atoms with E-state index in [4.69, 9.17) is 0 Å². The van der Waals surface area contributed by atoms with Crippen molar-refractivity contribution >= 4 is 10.0 Å². The molecule has 0 unspecified atom stereocenters. The predicted molar refractivity (Wildman–Crippen MR) is 67.2 cm³/mol. The Bertz CT molecular complexity index is 451. The van der Waals surface area contributed by atoms with Crippen LogP contribution in [-0.4, -0.2) is 36.3 Å². The molecule has 1 aromatic heterocycles. The number of nitrogens with one attached hydrogen (secondary N) is 1. The van der Waals surface area contributed by atoms with Crippen LogP contribution in [0.5, 0.6) is 0 Å². The number of hydrogen-bond acceptors (Lipinski definition) is 3. The maximum Gasteiger partial charge on any atom is 0.259 e. The van der Waals surface area contributed by atoms with Crippen LogP contribution in [0.3, 0.4) is 0 Å². The molecule has 0 saturated heterocycles. The second-order valence-corrected chi connectivity index (χ2v) is 6.57. The van der Waals surface area contributed by atoms with Gasteiger partial charge in [0.15, 0.2) is 5.03 Å². The van der Waals surface area contributed by atoms with Gasteiger partial charge < -0.3 is 4.98 Å². The molecule has 98 valence electrons. The van der Waals surface area contributed by atoms with E-state index < -0.39 is 10.0 Å². The summed E-state index contributed by atoms with van der Waals surface area (Å²) in [6, 6.07) is 0. The van der Waals surface area contributed by atoms with E-state index >= 15 is 0 Å². The molecule has 17 heavy (non-hydrogen) atoms. The van der Waals surface area contributed by atoms with Gasteiger partial charge in [0.05, 0.1) is 6.20 Å². The van der Waals surface area contributed by atoms with Gasteiger partial charge in [-0.1, -0.05) is 20.8 Å². The third kappa shape index (κ3) is 3.54. The summed E-state index contributed by atoms with van der Waals surface area (Å²) in [6.45, 7) is 6.61. The lowest BCUT2D eigenvalue weighted by atomic mass is 10.1. The molecular formula is C11H21N3O2S. The molecule has 0 aliphatic rings. The number of H-pyrrole nitrogens is 1. The fourth-order valence-electron chi connectivity index (χ4n) is 1.38. The summed E-state index contributed by atoms with van der Waals surface area (Å²) in [6.07, 6.45) is 2.94. The number of nitrogens with zero attached hydrogens (tertiary/aromatic N) is 2. The van der Waals surface area contributed by atoms with Gasteiger partial charge in [-0.2, -0.15) is 4.31 Å². The van der Waals surface area contributed by atoms with Gasteiger partial charge in [-0.25, -0.2) is 13.4 Å². The lowest BCUT2D eigenvalue weighted by Gasteiger charge is -2.16. The number of aromatic nitrogens is 2. The van der Waals surface area contributed by atoms with Crippen molar-refractivity contribution in [1.29, 1.82) is 0 Å². The first-order valence-corrected chi connectivity index (χ1v) is 7.32. The molecule has 5 nitrogen and oxygen atoms in total.